The van der Waals surface area contributed by atoms with Crippen molar-refractivity contribution in [3.8, 4) is 44.5 Å². The van der Waals surface area contributed by atoms with Crippen LogP contribution < -0.4 is 0 Å². The fraction of sp³-hybridized carbons (Fsp3) is 0. The van der Waals surface area contributed by atoms with Gasteiger partial charge in [-0.2, -0.15) is 0 Å². The van der Waals surface area contributed by atoms with Crippen molar-refractivity contribution in [2.45, 2.75) is 0 Å². The van der Waals surface area contributed by atoms with E-state index in [2.05, 4.69) is 156 Å². The quantitative estimate of drug-likeness (QED) is 0.192. The van der Waals surface area contributed by atoms with E-state index in [1.54, 1.807) is 0 Å². The van der Waals surface area contributed by atoms with Crippen LogP contribution in [0.25, 0.3) is 87.6 Å². The first kappa shape index (κ1) is 26.3. The third-order valence-corrected chi connectivity index (χ3v) is 9.25. The summed E-state index contributed by atoms with van der Waals surface area (Å²) in [5, 5.41) is 10.2. The zero-order chi connectivity index (χ0) is 30.5. The maximum Gasteiger partial charge on any atom is 0.0273 e. The molecule has 7 aromatic carbocycles. The highest BCUT2D eigenvalue weighted by Crippen LogP contribution is 2.41. The van der Waals surface area contributed by atoms with Gasteiger partial charge in [-0.3, -0.25) is 9.97 Å². The lowest BCUT2D eigenvalue weighted by Gasteiger charge is -2.16. The minimum absolute atomic E-state index is 1.14. The van der Waals surface area contributed by atoms with E-state index in [1.165, 1.54) is 65.3 Å². The predicted molar refractivity (Wildman–Crippen MR) is 194 cm³/mol. The van der Waals surface area contributed by atoms with Crippen molar-refractivity contribution in [2.75, 3.05) is 0 Å². The van der Waals surface area contributed by atoms with Gasteiger partial charge in [-0.25, -0.2) is 0 Å². The Morgan fingerprint density at radius 1 is 0.239 bits per heavy atom. The lowest BCUT2D eigenvalue weighted by molar-refractivity contribution is 1.33. The summed E-state index contributed by atoms with van der Waals surface area (Å²) < 4.78 is 0. The van der Waals surface area contributed by atoms with Gasteiger partial charge in [0.2, 0.25) is 0 Å². The lowest BCUT2D eigenvalue weighted by Crippen LogP contribution is -1.90. The molecule has 0 N–H and O–H groups in total. The number of aromatic nitrogens is 2. The predicted octanol–water partition coefficient (Wildman–Crippen LogP) is 11.8. The van der Waals surface area contributed by atoms with Crippen molar-refractivity contribution in [3.05, 3.63) is 170 Å². The molecule has 0 aliphatic heterocycles. The van der Waals surface area contributed by atoms with Gasteiger partial charge in [0.1, 0.15) is 0 Å². The van der Waals surface area contributed by atoms with Gasteiger partial charge in [0.15, 0.2) is 0 Å². The molecule has 9 rings (SSSR count). The molecule has 0 amide bonds. The summed E-state index contributed by atoms with van der Waals surface area (Å²) in [6.07, 6.45) is 7.42. The maximum absolute atomic E-state index is 4.25. The van der Waals surface area contributed by atoms with Crippen LogP contribution in [-0.4, -0.2) is 9.97 Å². The van der Waals surface area contributed by atoms with Crippen LogP contribution in [0.2, 0.25) is 0 Å². The van der Waals surface area contributed by atoms with Crippen molar-refractivity contribution >= 4 is 43.1 Å². The van der Waals surface area contributed by atoms with E-state index in [4.69, 9.17) is 0 Å². The van der Waals surface area contributed by atoms with Crippen LogP contribution in [-0.2, 0) is 0 Å². The zero-order valence-corrected chi connectivity index (χ0v) is 25.1. The average molecular weight is 585 g/mol. The third-order valence-electron chi connectivity index (χ3n) is 9.25. The van der Waals surface area contributed by atoms with E-state index < -0.39 is 0 Å². The number of nitrogens with zero attached hydrogens (tertiary/aromatic N) is 2. The molecular formula is C44H28N2. The van der Waals surface area contributed by atoms with Gasteiger partial charge >= 0.3 is 0 Å². The second-order valence-electron chi connectivity index (χ2n) is 11.8. The van der Waals surface area contributed by atoms with Gasteiger partial charge in [0, 0.05) is 24.8 Å². The van der Waals surface area contributed by atoms with E-state index in [0.29, 0.717) is 0 Å². The molecule has 0 spiro atoms. The van der Waals surface area contributed by atoms with E-state index in [1.807, 2.05) is 24.8 Å². The van der Waals surface area contributed by atoms with Crippen molar-refractivity contribution in [2.24, 2.45) is 0 Å². The first-order valence-electron chi connectivity index (χ1n) is 15.6. The molecule has 2 heterocycles. The van der Waals surface area contributed by atoms with Gasteiger partial charge < -0.3 is 0 Å². The number of rotatable bonds is 4. The molecular weight excluding hydrogens is 556 g/mol. The number of benzene rings is 7. The van der Waals surface area contributed by atoms with E-state index >= 15 is 0 Å². The minimum atomic E-state index is 1.14. The first-order valence-corrected chi connectivity index (χ1v) is 15.6. The summed E-state index contributed by atoms with van der Waals surface area (Å²) in [7, 11) is 0. The standard InChI is InChI=1S/C44H28N2/c1-2-8-38-36(34-26-32(29-17-21-45-22-18-29)25-33(27-34)30-19-23-46-24-20-30)16-15-35(37(38)7-1)31-13-14-43-41-11-4-3-9-39(41)40-10-5-6-12-42(40)44(43)28-31/h1-28H. The van der Waals surface area contributed by atoms with Crippen LogP contribution in [0, 0.1) is 0 Å². The van der Waals surface area contributed by atoms with Crippen molar-refractivity contribution in [3.63, 3.8) is 0 Å². The highest BCUT2D eigenvalue weighted by atomic mass is 14.6. The Morgan fingerprint density at radius 3 is 1.13 bits per heavy atom. The van der Waals surface area contributed by atoms with E-state index in [-0.39, 0.29) is 0 Å². The topological polar surface area (TPSA) is 25.8 Å². The Kier molecular flexibility index (Phi) is 6.17. The smallest absolute Gasteiger partial charge is 0.0273 e. The fourth-order valence-electron chi connectivity index (χ4n) is 7.08. The Labute approximate surface area is 267 Å². The van der Waals surface area contributed by atoms with Gasteiger partial charge in [-0.05, 0) is 136 Å². The SMILES string of the molecule is c1ccc2c(-c3ccc4c5ccccc5c5ccccc5c4c3)ccc(-c3cc(-c4ccncc4)cc(-c4ccncc4)c3)c2c1. The Bertz CT molecular complexity index is 2480. The normalized spacial score (nSPS) is 11.5. The maximum atomic E-state index is 4.25. The highest BCUT2D eigenvalue weighted by Gasteiger charge is 2.14. The molecule has 0 saturated carbocycles. The van der Waals surface area contributed by atoms with Gasteiger partial charge in [-0.1, -0.05) is 97.1 Å². The molecule has 9 aromatic rings. The Balaban J connectivity index is 1.26. The summed E-state index contributed by atoms with van der Waals surface area (Å²) >= 11 is 0. The molecule has 0 fully saturated rings. The molecule has 0 bridgehead atoms. The number of pyridine rings is 2. The second-order valence-corrected chi connectivity index (χ2v) is 11.8. The van der Waals surface area contributed by atoms with Crippen LogP contribution in [0.1, 0.15) is 0 Å². The van der Waals surface area contributed by atoms with Crippen LogP contribution >= 0.6 is 0 Å². The van der Waals surface area contributed by atoms with Crippen LogP contribution in [0.15, 0.2) is 170 Å². The van der Waals surface area contributed by atoms with Gasteiger partial charge in [0.25, 0.3) is 0 Å². The lowest BCUT2D eigenvalue weighted by atomic mass is 9.88. The highest BCUT2D eigenvalue weighted by molar-refractivity contribution is 6.26. The molecule has 0 radical (unpaired) electrons. The van der Waals surface area contributed by atoms with Gasteiger partial charge in [-0.15, -0.1) is 0 Å². The van der Waals surface area contributed by atoms with E-state index in [0.717, 1.165) is 22.3 Å². The van der Waals surface area contributed by atoms with Crippen LogP contribution in [0.5, 0.6) is 0 Å². The summed E-state index contributed by atoms with van der Waals surface area (Å²) in [5.41, 5.74) is 9.45. The molecule has 0 atom stereocenters. The number of hydrogen-bond donors (Lipinski definition) is 0. The zero-order valence-electron chi connectivity index (χ0n) is 25.1. The van der Waals surface area contributed by atoms with Crippen molar-refractivity contribution < 1.29 is 0 Å². The molecule has 2 aromatic heterocycles. The Hall–Kier alpha value is -6.12. The second kappa shape index (κ2) is 10.8. The summed E-state index contributed by atoms with van der Waals surface area (Å²) in [4.78, 5) is 8.51. The van der Waals surface area contributed by atoms with Crippen LogP contribution in [0.3, 0.4) is 0 Å². The molecule has 2 heteroatoms. The summed E-state index contributed by atoms with van der Waals surface area (Å²) in [6, 6.07) is 53.1. The average Bonchev–Trinajstić information content (AvgIpc) is 3.15. The van der Waals surface area contributed by atoms with E-state index in [9.17, 15) is 0 Å². The molecule has 0 saturated heterocycles. The largest absolute Gasteiger partial charge is 0.265 e. The molecule has 214 valence electrons. The molecule has 0 unspecified atom stereocenters. The summed E-state index contributed by atoms with van der Waals surface area (Å²) in [5.74, 6) is 0. The van der Waals surface area contributed by atoms with Gasteiger partial charge in [0.05, 0.1) is 0 Å². The fourth-order valence-corrected chi connectivity index (χ4v) is 7.08. The summed E-state index contributed by atoms with van der Waals surface area (Å²) in [6.45, 7) is 0. The first-order chi connectivity index (χ1) is 22.8. The Morgan fingerprint density at radius 2 is 0.630 bits per heavy atom. The monoisotopic (exact) mass is 584 g/mol. The minimum Gasteiger partial charge on any atom is -0.265 e. The van der Waals surface area contributed by atoms with Crippen molar-refractivity contribution in [1.29, 1.82) is 0 Å². The molecule has 2 nitrogen and oxygen atoms in total. The molecule has 0 aliphatic rings. The van der Waals surface area contributed by atoms with Crippen LogP contribution in [0.4, 0.5) is 0 Å². The van der Waals surface area contributed by atoms with Crippen molar-refractivity contribution in [1.82, 2.24) is 9.97 Å². The molecule has 46 heavy (non-hydrogen) atoms. The number of hydrogen-bond acceptors (Lipinski definition) is 2. The number of fused-ring (bicyclic) bond motifs is 7. The third kappa shape index (κ3) is 4.35. The molecule has 0 aliphatic carbocycles.